The number of nitrogens with zero attached hydrogens (tertiary/aromatic N) is 1. The fourth-order valence-electron chi connectivity index (χ4n) is 3.63. The third-order valence-corrected chi connectivity index (χ3v) is 5.52. The summed E-state index contributed by atoms with van der Waals surface area (Å²) in [6.07, 6.45) is 1.23. The first-order valence-corrected chi connectivity index (χ1v) is 10.1. The van der Waals surface area contributed by atoms with Gasteiger partial charge in [0, 0.05) is 28.8 Å². The fraction of sp³-hybridized carbons (Fsp3) is 0.208. The van der Waals surface area contributed by atoms with Crippen LogP contribution in [0.2, 0.25) is 5.02 Å². The lowest BCUT2D eigenvalue weighted by molar-refractivity contribution is 0.412. The monoisotopic (exact) mass is 408 g/mol. The molecule has 3 aromatic rings. The number of aromatic hydroxyl groups is 1. The van der Waals surface area contributed by atoms with E-state index in [2.05, 4.69) is 36.5 Å². The number of phenols is 1. The van der Waals surface area contributed by atoms with Gasteiger partial charge in [0.25, 0.3) is 0 Å². The van der Waals surface area contributed by atoms with Crippen LogP contribution >= 0.6 is 11.6 Å². The molecule has 0 bridgehead atoms. The summed E-state index contributed by atoms with van der Waals surface area (Å²) in [5.41, 5.74) is 4.83. The van der Waals surface area contributed by atoms with Crippen LogP contribution in [0.25, 0.3) is 0 Å². The van der Waals surface area contributed by atoms with Crippen LogP contribution in [0.1, 0.15) is 47.8 Å². The maximum Gasteiger partial charge on any atom is 0.126 e. The Bertz CT molecular complexity index is 1030. The topological polar surface area (TPSA) is 44.6 Å². The van der Waals surface area contributed by atoms with Gasteiger partial charge in [-0.2, -0.15) is 0 Å². The molecule has 0 saturated carbocycles. The van der Waals surface area contributed by atoms with Gasteiger partial charge in [0.2, 0.25) is 0 Å². The van der Waals surface area contributed by atoms with Crippen LogP contribution in [0.15, 0.2) is 71.7 Å². The Hall–Kier alpha value is -2.69. The minimum atomic E-state index is -0.353. The van der Waals surface area contributed by atoms with E-state index in [9.17, 15) is 9.50 Å². The SMILES string of the molecule is CCc1ccc(C2=N[C@@H](c3ccc(F)cc3)N[C@H](c3cc(Cl)ccc3O)C2)cc1. The molecular formula is C24H22ClFN2O. The number of aliphatic imine (C=N–C) groups is 1. The largest absolute Gasteiger partial charge is 0.508 e. The Labute approximate surface area is 174 Å². The molecule has 2 atom stereocenters. The summed E-state index contributed by atoms with van der Waals surface area (Å²) in [5, 5.41) is 14.4. The molecule has 4 rings (SSSR count). The molecule has 0 unspecified atom stereocenters. The number of rotatable bonds is 4. The van der Waals surface area contributed by atoms with Crippen LogP contribution in [-0.2, 0) is 6.42 Å². The highest BCUT2D eigenvalue weighted by Gasteiger charge is 2.27. The molecule has 0 fully saturated rings. The van der Waals surface area contributed by atoms with Gasteiger partial charge in [-0.25, -0.2) is 4.39 Å². The summed E-state index contributed by atoms with van der Waals surface area (Å²) >= 11 is 6.18. The lowest BCUT2D eigenvalue weighted by Crippen LogP contribution is -2.33. The average Bonchev–Trinajstić information content (AvgIpc) is 2.75. The Morgan fingerprint density at radius 2 is 1.79 bits per heavy atom. The van der Waals surface area contributed by atoms with Crippen molar-refractivity contribution in [3.8, 4) is 5.75 Å². The predicted octanol–water partition coefficient (Wildman–Crippen LogP) is 5.97. The second-order valence-electron chi connectivity index (χ2n) is 7.21. The Morgan fingerprint density at radius 3 is 2.48 bits per heavy atom. The number of halogens is 2. The molecule has 1 heterocycles. The van der Waals surface area contributed by atoms with Gasteiger partial charge in [-0.15, -0.1) is 0 Å². The Kier molecular flexibility index (Phi) is 5.65. The van der Waals surface area contributed by atoms with E-state index in [-0.39, 0.29) is 23.8 Å². The number of phenolic OH excluding ortho intramolecular Hbond substituents is 1. The summed E-state index contributed by atoms with van der Waals surface area (Å²) in [7, 11) is 0. The van der Waals surface area contributed by atoms with Crippen molar-refractivity contribution in [3.05, 3.63) is 99.8 Å². The Morgan fingerprint density at radius 1 is 1.07 bits per heavy atom. The molecule has 0 amide bonds. The van der Waals surface area contributed by atoms with Gasteiger partial charge < -0.3 is 5.11 Å². The molecule has 0 saturated heterocycles. The van der Waals surface area contributed by atoms with Gasteiger partial charge in [0.1, 0.15) is 17.7 Å². The highest BCUT2D eigenvalue weighted by molar-refractivity contribution is 6.30. The highest BCUT2D eigenvalue weighted by Crippen LogP contribution is 2.35. The molecule has 5 heteroatoms. The zero-order chi connectivity index (χ0) is 20.4. The molecule has 29 heavy (non-hydrogen) atoms. The first-order valence-electron chi connectivity index (χ1n) is 9.69. The molecule has 1 aliphatic rings. The van der Waals surface area contributed by atoms with Gasteiger partial charge >= 0.3 is 0 Å². The van der Waals surface area contributed by atoms with Crippen LogP contribution in [0, 0.1) is 5.82 Å². The molecule has 148 valence electrons. The number of benzene rings is 3. The van der Waals surface area contributed by atoms with Crippen molar-refractivity contribution in [2.45, 2.75) is 32.0 Å². The molecule has 0 spiro atoms. The minimum Gasteiger partial charge on any atom is -0.508 e. The van der Waals surface area contributed by atoms with Gasteiger partial charge in [-0.1, -0.05) is 54.9 Å². The summed E-state index contributed by atoms with van der Waals surface area (Å²) < 4.78 is 13.4. The van der Waals surface area contributed by atoms with E-state index >= 15 is 0 Å². The lowest BCUT2D eigenvalue weighted by Gasteiger charge is -2.31. The number of hydrogen-bond donors (Lipinski definition) is 2. The quantitative estimate of drug-likeness (QED) is 0.558. The molecule has 2 N–H and O–H groups in total. The van der Waals surface area contributed by atoms with Crippen molar-refractivity contribution in [1.29, 1.82) is 0 Å². The zero-order valence-electron chi connectivity index (χ0n) is 16.1. The third kappa shape index (κ3) is 4.34. The fourth-order valence-corrected chi connectivity index (χ4v) is 3.81. The average molecular weight is 409 g/mol. The normalized spacial score (nSPS) is 19.1. The van der Waals surface area contributed by atoms with Crippen molar-refractivity contribution in [2.75, 3.05) is 0 Å². The lowest BCUT2D eigenvalue weighted by atomic mass is 9.93. The van der Waals surface area contributed by atoms with Gasteiger partial charge in [0.15, 0.2) is 0 Å². The second kappa shape index (κ2) is 8.36. The van der Waals surface area contributed by atoms with E-state index in [1.807, 2.05) is 0 Å². The number of hydrogen-bond acceptors (Lipinski definition) is 3. The van der Waals surface area contributed by atoms with Crippen molar-refractivity contribution in [2.24, 2.45) is 4.99 Å². The maximum absolute atomic E-state index is 13.4. The van der Waals surface area contributed by atoms with E-state index in [0.29, 0.717) is 11.4 Å². The van der Waals surface area contributed by atoms with Crippen LogP contribution in [0.5, 0.6) is 5.75 Å². The van der Waals surface area contributed by atoms with Gasteiger partial charge in [-0.05, 0) is 53.4 Å². The first kappa shape index (κ1) is 19.6. The van der Waals surface area contributed by atoms with Gasteiger partial charge in [-0.3, -0.25) is 10.3 Å². The van der Waals surface area contributed by atoms with Crippen molar-refractivity contribution in [1.82, 2.24) is 5.32 Å². The van der Waals surface area contributed by atoms with Gasteiger partial charge in [0.05, 0.1) is 0 Å². The number of aryl methyl sites for hydroxylation is 1. The van der Waals surface area contributed by atoms with Crippen LogP contribution < -0.4 is 5.32 Å². The summed E-state index contributed by atoms with van der Waals surface area (Å²) in [6.45, 7) is 2.12. The van der Waals surface area contributed by atoms with Crippen molar-refractivity contribution < 1.29 is 9.50 Å². The minimum absolute atomic E-state index is 0.179. The van der Waals surface area contributed by atoms with E-state index in [1.54, 1.807) is 30.3 Å². The summed E-state index contributed by atoms with van der Waals surface area (Å²) in [5.74, 6) is -0.0970. The molecule has 1 aliphatic heterocycles. The molecule has 0 radical (unpaired) electrons. The molecule has 0 aromatic heterocycles. The molecular weight excluding hydrogens is 387 g/mol. The van der Waals surface area contributed by atoms with Crippen LogP contribution in [0.3, 0.4) is 0 Å². The predicted molar refractivity (Wildman–Crippen MR) is 115 cm³/mol. The third-order valence-electron chi connectivity index (χ3n) is 5.29. The zero-order valence-corrected chi connectivity index (χ0v) is 16.8. The molecule has 3 aromatic carbocycles. The van der Waals surface area contributed by atoms with Crippen LogP contribution in [0.4, 0.5) is 4.39 Å². The summed E-state index contributed by atoms with van der Waals surface area (Å²) in [4.78, 5) is 4.90. The maximum atomic E-state index is 13.4. The smallest absolute Gasteiger partial charge is 0.126 e. The van der Waals surface area contributed by atoms with E-state index < -0.39 is 0 Å². The standard InChI is InChI=1S/C24H22ClFN2O/c1-2-15-3-5-16(6-4-15)21-14-22(20-13-18(25)9-12-23(20)29)28-24(27-21)17-7-10-19(26)11-8-17/h3-13,22,24,28-29H,2,14H2,1H3/t22-,24+/m0/s1. The van der Waals surface area contributed by atoms with Crippen LogP contribution in [-0.4, -0.2) is 10.8 Å². The van der Waals surface area contributed by atoms with Crippen molar-refractivity contribution in [3.63, 3.8) is 0 Å². The molecule has 3 nitrogen and oxygen atoms in total. The Balaban J connectivity index is 1.75. The van der Waals surface area contributed by atoms with E-state index in [4.69, 9.17) is 16.6 Å². The van der Waals surface area contributed by atoms with E-state index in [0.717, 1.165) is 28.8 Å². The van der Waals surface area contributed by atoms with E-state index in [1.165, 1.54) is 17.7 Å². The molecule has 0 aliphatic carbocycles. The highest BCUT2D eigenvalue weighted by atomic mass is 35.5. The first-order chi connectivity index (χ1) is 14.0. The summed E-state index contributed by atoms with van der Waals surface area (Å²) in [6, 6.07) is 19.6. The second-order valence-corrected chi connectivity index (χ2v) is 7.64. The van der Waals surface area contributed by atoms with Crippen molar-refractivity contribution >= 4 is 17.3 Å². The number of nitrogens with one attached hydrogen (secondary N) is 1.